The van der Waals surface area contributed by atoms with Crippen LogP contribution in [0.15, 0.2) is 0 Å². The molecule has 0 saturated heterocycles. The van der Waals surface area contributed by atoms with Crippen molar-refractivity contribution in [2.45, 2.75) is 83.7 Å². The zero-order valence-electron chi connectivity index (χ0n) is 13.6. The second-order valence-electron chi connectivity index (χ2n) is 5.28. The van der Waals surface area contributed by atoms with Crippen LogP contribution in [0, 0.1) is 0 Å². The van der Waals surface area contributed by atoms with E-state index in [1.54, 1.807) is 0 Å². The Morgan fingerprint density at radius 3 is 1.76 bits per heavy atom. The first-order valence-electron chi connectivity index (χ1n) is 7.74. The smallest absolute Gasteiger partial charge is 0.726 e. The molecule has 0 rings (SSSR count). The van der Waals surface area contributed by atoms with E-state index in [-0.39, 0.29) is 51.4 Å². The molecule has 122 valence electrons. The second-order valence-corrected chi connectivity index (χ2v) is 6.29. The first kappa shape index (κ1) is 24.7. The van der Waals surface area contributed by atoms with E-state index >= 15 is 0 Å². The molecule has 0 heterocycles. The van der Waals surface area contributed by atoms with Crippen molar-refractivity contribution in [3.63, 3.8) is 0 Å². The van der Waals surface area contributed by atoms with E-state index in [0.29, 0.717) is 6.42 Å². The predicted octanol–water partition coefficient (Wildman–Crippen LogP) is 0.139. The fraction of sp³-hybridized carbons (Fsp3) is 1.00. The Labute approximate surface area is 172 Å². The van der Waals surface area contributed by atoms with E-state index in [4.69, 9.17) is 5.11 Å². The molecule has 0 aromatic heterocycles. The third-order valence-electron chi connectivity index (χ3n) is 3.34. The van der Waals surface area contributed by atoms with Gasteiger partial charge in [-0.25, -0.2) is 8.42 Å². The first-order chi connectivity index (χ1) is 9.49. The van der Waals surface area contributed by atoms with Crippen LogP contribution in [0.4, 0.5) is 0 Å². The zero-order valence-corrected chi connectivity index (χ0v) is 17.5. The molecule has 0 radical (unpaired) electrons. The van der Waals surface area contributed by atoms with Gasteiger partial charge >= 0.3 is 51.4 Å². The maximum atomic E-state index is 10.4. The average molecular weight is 349 g/mol. The van der Waals surface area contributed by atoms with Crippen molar-refractivity contribution in [1.29, 1.82) is 0 Å². The molecule has 0 aromatic carbocycles. The molecule has 0 aliphatic carbocycles. The molecule has 0 amide bonds. The van der Waals surface area contributed by atoms with Crippen molar-refractivity contribution >= 4 is 10.4 Å². The number of rotatable bonds is 14. The molecule has 5 nitrogen and oxygen atoms in total. The fourth-order valence-electron chi connectivity index (χ4n) is 2.20. The van der Waals surface area contributed by atoms with Gasteiger partial charge in [0.15, 0.2) is 0 Å². The van der Waals surface area contributed by atoms with Gasteiger partial charge in [-0.1, -0.05) is 71.1 Å². The number of unbranched alkanes of at least 4 members (excludes halogenated alkanes) is 9. The van der Waals surface area contributed by atoms with E-state index < -0.39 is 23.1 Å². The van der Waals surface area contributed by atoms with Gasteiger partial charge in [0, 0.05) is 0 Å². The van der Waals surface area contributed by atoms with Gasteiger partial charge in [0.1, 0.15) is 0 Å². The van der Waals surface area contributed by atoms with Gasteiger partial charge in [0.25, 0.3) is 0 Å². The SMILES string of the molecule is CCCCCCCCCCCCC(CO)OS(=O)(=O)[O-].[K+]. The summed E-state index contributed by atoms with van der Waals surface area (Å²) in [6.07, 6.45) is 11.4. The van der Waals surface area contributed by atoms with Gasteiger partial charge in [0.05, 0.1) is 12.7 Å². The Hall–Kier alpha value is 1.47. The molecular weight excluding hydrogens is 319 g/mol. The minimum atomic E-state index is -4.71. The molecule has 0 fully saturated rings. The molecule has 0 aliphatic rings. The topological polar surface area (TPSA) is 86.7 Å². The Kier molecular flexibility index (Phi) is 19.2. The monoisotopic (exact) mass is 348 g/mol. The molecule has 0 spiro atoms. The number of hydrogen-bond acceptors (Lipinski definition) is 5. The molecule has 0 bridgehead atoms. The van der Waals surface area contributed by atoms with E-state index in [2.05, 4.69) is 11.1 Å². The Morgan fingerprint density at radius 1 is 0.952 bits per heavy atom. The summed E-state index contributed by atoms with van der Waals surface area (Å²) < 4.78 is 35.4. The standard InChI is InChI=1S/C14H30O5S.K/c1-2-3-4-5-6-7-8-9-10-11-12-14(13-15)19-20(16,17)18;/h14-15H,2-13H2,1H3,(H,16,17,18);/q;+1/p-1. The Morgan fingerprint density at radius 2 is 1.38 bits per heavy atom. The van der Waals surface area contributed by atoms with Crippen molar-refractivity contribution in [2.24, 2.45) is 0 Å². The number of aliphatic hydroxyl groups excluding tert-OH is 1. The number of hydrogen-bond donors (Lipinski definition) is 1. The Balaban J connectivity index is 0. The summed E-state index contributed by atoms with van der Waals surface area (Å²) in [5, 5.41) is 8.90. The second kappa shape index (κ2) is 16.3. The van der Waals surface area contributed by atoms with Crippen LogP contribution in [0.25, 0.3) is 0 Å². The molecular formula is C14H29KO5S. The first-order valence-corrected chi connectivity index (χ1v) is 9.08. The van der Waals surface area contributed by atoms with E-state index in [1.165, 1.54) is 44.9 Å². The molecule has 1 unspecified atom stereocenters. The summed E-state index contributed by atoms with van der Waals surface area (Å²) in [7, 11) is -4.71. The van der Waals surface area contributed by atoms with Crippen LogP contribution in [0.3, 0.4) is 0 Å². The molecule has 21 heavy (non-hydrogen) atoms. The predicted molar refractivity (Wildman–Crippen MR) is 78.1 cm³/mol. The third kappa shape index (κ3) is 19.4. The summed E-state index contributed by atoms with van der Waals surface area (Å²) in [4.78, 5) is 0. The maximum Gasteiger partial charge on any atom is 1.00 e. The van der Waals surface area contributed by atoms with Crippen LogP contribution in [-0.2, 0) is 14.6 Å². The van der Waals surface area contributed by atoms with Gasteiger partial charge in [-0.05, 0) is 6.42 Å². The van der Waals surface area contributed by atoms with Gasteiger partial charge in [-0.2, -0.15) is 0 Å². The quantitative estimate of drug-likeness (QED) is 0.209. The summed E-state index contributed by atoms with van der Waals surface area (Å²) in [6, 6.07) is 0. The van der Waals surface area contributed by atoms with Crippen LogP contribution >= 0.6 is 0 Å². The maximum absolute atomic E-state index is 10.4. The summed E-state index contributed by atoms with van der Waals surface area (Å²) in [5.41, 5.74) is 0. The summed E-state index contributed by atoms with van der Waals surface area (Å²) in [5.74, 6) is 0. The van der Waals surface area contributed by atoms with Crippen molar-refractivity contribution in [3.8, 4) is 0 Å². The van der Waals surface area contributed by atoms with E-state index in [1.807, 2.05) is 0 Å². The molecule has 1 N–H and O–H groups in total. The summed E-state index contributed by atoms with van der Waals surface area (Å²) >= 11 is 0. The minimum Gasteiger partial charge on any atom is -0.726 e. The molecule has 1 atom stereocenters. The van der Waals surface area contributed by atoms with Gasteiger partial charge in [-0.15, -0.1) is 0 Å². The fourth-order valence-corrected chi connectivity index (χ4v) is 2.69. The molecule has 7 heteroatoms. The molecule has 0 saturated carbocycles. The largest absolute Gasteiger partial charge is 1.00 e. The van der Waals surface area contributed by atoms with Crippen LogP contribution < -0.4 is 51.4 Å². The third-order valence-corrected chi connectivity index (χ3v) is 3.85. The molecule has 0 aliphatic heterocycles. The van der Waals surface area contributed by atoms with Crippen LogP contribution in [0.2, 0.25) is 0 Å². The Bertz CT molecular complexity index is 308. The number of aliphatic hydroxyl groups is 1. The zero-order chi connectivity index (χ0) is 15.3. The van der Waals surface area contributed by atoms with Gasteiger partial charge < -0.3 is 9.66 Å². The van der Waals surface area contributed by atoms with Crippen molar-refractivity contribution < 1.29 is 73.6 Å². The molecule has 0 aromatic rings. The normalized spacial score (nSPS) is 12.9. The minimum absolute atomic E-state index is 0. The van der Waals surface area contributed by atoms with Gasteiger partial charge in [-0.3, -0.25) is 4.18 Å². The van der Waals surface area contributed by atoms with E-state index in [0.717, 1.165) is 19.3 Å². The van der Waals surface area contributed by atoms with Crippen molar-refractivity contribution in [3.05, 3.63) is 0 Å². The van der Waals surface area contributed by atoms with Crippen LogP contribution in [-0.4, -0.2) is 30.8 Å². The van der Waals surface area contributed by atoms with Gasteiger partial charge in [0.2, 0.25) is 10.4 Å². The average Bonchev–Trinajstić information content (AvgIpc) is 2.38. The van der Waals surface area contributed by atoms with Crippen molar-refractivity contribution in [2.75, 3.05) is 6.61 Å². The van der Waals surface area contributed by atoms with Crippen LogP contribution in [0.1, 0.15) is 77.6 Å². The van der Waals surface area contributed by atoms with Crippen LogP contribution in [0.5, 0.6) is 0 Å². The van der Waals surface area contributed by atoms with E-state index in [9.17, 15) is 13.0 Å². The summed E-state index contributed by atoms with van der Waals surface area (Å²) in [6.45, 7) is 1.78. The van der Waals surface area contributed by atoms with Crippen molar-refractivity contribution in [1.82, 2.24) is 0 Å².